The van der Waals surface area contributed by atoms with Crippen LogP contribution in [0.1, 0.15) is 32.7 Å². The van der Waals surface area contributed by atoms with Gasteiger partial charge < -0.3 is 15.0 Å². The Morgan fingerprint density at radius 2 is 1.77 bits per heavy atom. The molecule has 0 aliphatic heterocycles. The van der Waals surface area contributed by atoms with Crippen molar-refractivity contribution in [3.05, 3.63) is 106 Å². The molecule has 0 spiro atoms. The molecule has 0 saturated heterocycles. The summed E-state index contributed by atoms with van der Waals surface area (Å²) in [5.74, 6) is -1.75. The van der Waals surface area contributed by atoms with Gasteiger partial charge in [0.1, 0.15) is 11.6 Å². The van der Waals surface area contributed by atoms with E-state index in [-0.39, 0.29) is 16.8 Å². The predicted octanol–water partition coefficient (Wildman–Crippen LogP) is 5.11. The van der Waals surface area contributed by atoms with Crippen LogP contribution in [0.2, 0.25) is 0 Å². The molecule has 1 heterocycles. The normalized spacial score (nSPS) is 11.0. The number of nitrogens with one attached hydrogen (secondary N) is 1. The number of amides is 1. The zero-order valence-electron chi connectivity index (χ0n) is 18.8. The standard InChI is InChI=1S/C28H20N4O3/c1-18-25(14-22(16-30)27(33)31-23-10-6-9-19(13-23)28(34)35)24-11-4-5-12-26(24)32(18)17-21-8-3-2-7-20(21)15-29/h2-14H,17H2,1H3,(H,31,33)(H,34,35)/b22-14-. The molecule has 0 radical (unpaired) electrons. The highest BCUT2D eigenvalue weighted by Crippen LogP contribution is 2.29. The number of rotatable bonds is 6. The topological polar surface area (TPSA) is 119 Å². The van der Waals surface area contributed by atoms with Gasteiger partial charge in [0.15, 0.2) is 0 Å². The lowest BCUT2D eigenvalue weighted by Crippen LogP contribution is -2.14. The number of nitriles is 2. The SMILES string of the molecule is Cc1c(/C=C(/C#N)C(=O)Nc2cccc(C(=O)O)c2)c2ccccc2n1Cc1ccccc1C#N. The first-order valence-electron chi connectivity index (χ1n) is 10.7. The lowest BCUT2D eigenvalue weighted by atomic mass is 10.1. The first-order chi connectivity index (χ1) is 16.9. The quantitative estimate of drug-likeness (QED) is 0.306. The van der Waals surface area contributed by atoms with E-state index in [1.54, 1.807) is 18.2 Å². The summed E-state index contributed by atoms with van der Waals surface area (Å²) in [5.41, 5.74) is 4.12. The van der Waals surface area contributed by atoms with Gasteiger partial charge in [-0.1, -0.05) is 42.5 Å². The van der Waals surface area contributed by atoms with Crippen molar-refractivity contribution in [2.24, 2.45) is 0 Å². The zero-order valence-corrected chi connectivity index (χ0v) is 18.8. The Morgan fingerprint density at radius 1 is 1.03 bits per heavy atom. The van der Waals surface area contributed by atoms with Gasteiger partial charge in [0.25, 0.3) is 5.91 Å². The molecule has 3 aromatic carbocycles. The highest BCUT2D eigenvalue weighted by atomic mass is 16.4. The van der Waals surface area contributed by atoms with E-state index < -0.39 is 11.9 Å². The van der Waals surface area contributed by atoms with E-state index in [1.807, 2.05) is 55.5 Å². The molecule has 4 aromatic rings. The number of carbonyl (C=O) groups excluding carboxylic acids is 1. The van der Waals surface area contributed by atoms with E-state index in [4.69, 9.17) is 5.11 Å². The smallest absolute Gasteiger partial charge is 0.335 e. The fourth-order valence-electron chi connectivity index (χ4n) is 4.00. The van der Waals surface area contributed by atoms with Gasteiger partial charge >= 0.3 is 5.97 Å². The number of carboxylic acid groups (broad SMARTS) is 1. The average Bonchev–Trinajstić information content (AvgIpc) is 3.13. The monoisotopic (exact) mass is 460 g/mol. The highest BCUT2D eigenvalue weighted by Gasteiger charge is 2.17. The number of hydrogen-bond acceptors (Lipinski definition) is 4. The van der Waals surface area contributed by atoms with E-state index >= 15 is 0 Å². The fourth-order valence-corrected chi connectivity index (χ4v) is 4.00. The van der Waals surface area contributed by atoms with Crippen LogP contribution in [0.5, 0.6) is 0 Å². The molecule has 0 saturated carbocycles. The van der Waals surface area contributed by atoms with E-state index in [1.165, 1.54) is 18.2 Å². The van der Waals surface area contributed by atoms with Gasteiger partial charge in [0.2, 0.25) is 0 Å². The molecule has 35 heavy (non-hydrogen) atoms. The van der Waals surface area contributed by atoms with Crippen molar-refractivity contribution < 1.29 is 14.7 Å². The summed E-state index contributed by atoms with van der Waals surface area (Å²) >= 11 is 0. The maximum Gasteiger partial charge on any atom is 0.335 e. The van der Waals surface area contributed by atoms with Gasteiger partial charge in [-0.2, -0.15) is 10.5 Å². The fraction of sp³-hybridized carbons (Fsp3) is 0.0714. The van der Waals surface area contributed by atoms with Crippen LogP contribution in [0.25, 0.3) is 17.0 Å². The van der Waals surface area contributed by atoms with Gasteiger partial charge in [-0.25, -0.2) is 4.79 Å². The third-order valence-electron chi connectivity index (χ3n) is 5.77. The lowest BCUT2D eigenvalue weighted by Gasteiger charge is -2.10. The van der Waals surface area contributed by atoms with Crippen molar-refractivity contribution in [2.45, 2.75) is 13.5 Å². The molecule has 0 bridgehead atoms. The van der Waals surface area contributed by atoms with Crippen molar-refractivity contribution in [3.63, 3.8) is 0 Å². The van der Waals surface area contributed by atoms with Crippen LogP contribution in [0.15, 0.2) is 78.4 Å². The molecule has 4 rings (SSSR count). The lowest BCUT2D eigenvalue weighted by molar-refractivity contribution is -0.112. The Bertz CT molecular complexity index is 1580. The highest BCUT2D eigenvalue weighted by molar-refractivity contribution is 6.11. The Kier molecular flexibility index (Phi) is 6.44. The summed E-state index contributed by atoms with van der Waals surface area (Å²) in [7, 11) is 0. The van der Waals surface area contributed by atoms with E-state index in [0.717, 1.165) is 27.7 Å². The zero-order chi connectivity index (χ0) is 24.9. The van der Waals surface area contributed by atoms with Gasteiger partial charge in [-0.3, -0.25) is 4.79 Å². The van der Waals surface area contributed by atoms with Crippen molar-refractivity contribution in [2.75, 3.05) is 5.32 Å². The number of nitrogens with zero attached hydrogens (tertiary/aromatic N) is 3. The number of para-hydroxylation sites is 1. The summed E-state index contributed by atoms with van der Waals surface area (Å²) < 4.78 is 2.06. The molecular weight excluding hydrogens is 440 g/mol. The maximum absolute atomic E-state index is 12.9. The summed E-state index contributed by atoms with van der Waals surface area (Å²) in [4.78, 5) is 24.1. The molecular formula is C28H20N4O3. The minimum absolute atomic E-state index is 0.0295. The van der Waals surface area contributed by atoms with E-state index in [0.29, 0.717) is 12.1 Å². The molecule has 7 nitrogen and oxygen atoms in total. The molecule has 1 aromatic heterocycles. The van der Waals surface area contributed by atoms with Crippen LogP contribution in [-0.2, 0) is 11.3 Å². The number of hydrogen-bond donors (Lipinski definition) is 2. The van der Waals surface area contributed by atoms with Gasteiger partial charge in [-0.05, 0) is 48.9 Å². The minimum atomic E-state index is -1.11. The van der Waals surface area contributed by atoms with Gasteiger partial charge in [-0.15, -0.1) is 0 Å². The molecule has 170 valence electrons. The second-order valence-corrected chi connectivity index (χ2v) is 7.88. The first-order valence-corrected chi connectivity index (χ1v) is 10.7. The predicted molar refractivity (Wildman–Crippen MR) is 133 cm³/mol. The molecule has 2 N–H and O–H groups in total. The summed E-state index contributed by atoms with van der Waals surface area (Å²) in [6, 6.07) is 25.1. The summed E-state index contributed by atoms with van der Waals surface area (Å²) in [6.45, 7) is 2.37. The van der Waals surface area contributed by atoms with E-state index in [2.05, 4.69) is 16.0 Å². The number of carboxylic acids is 1. The van der Waals surface area contributed by atoms with E-state index in [9.17, 15) is 20.1 Å². The summed E-state index contributed by atoms with van der Waals surface area (Å²) in [6.07, 6.45) is 1.54. The average molecular weight is 460 g/mol. The third-order valence-corrected chi connectivity index (χ3v) is 5.77. The number of aromatic carboxylic acids is 1. The second-order valence-electron chi connectivity index (χ2n) is 7.88. The molecule has 0 fully saturated rings. The molecule has 1 amide bonds. The van der Waals surface area contributed by atoms with Crippen LogP contribution in [0, 0.1) is 29.6 Å². The van der Waals surface area contributed by atoms with Crippen LogP contribution in [0.4, 0.5) is 5.69 Å². The Hall–Kier alpha value is -5.14. The molecule has 0 unspecified atom stereocenters. The van der Waals surface area contributed by atoms with Crippen LogP contribution in [-0.4, -0.2) is 21.6 Å². The van der Waals surface area contributed by atoms with Crippen molar-refractivity contribution >= 4 is 34.5 Å². The molecule has 0 aliphatic carbocycles. The molecule has 0 aliphatic rings. The molecule has 7 heteroatoms. The van der Waals surface area contributed by atoms with Crippen molar-refractivity contribution in [1.29, 1.82) is 10.5 Å². The van der Waals surface area contributed by atoms with Crippen molar-refractivity contribution in [3.8, 4) is 12.1 Å². The first kappa shape index (κ1) is 23.0. The number of benzene rings is 3. The Labute approximate surface area is 201 Å². The number of anilines is 1. The molecule has 0 atom stereocenters. The van der Waals surface area contributed by atoms with Crippen LogP contribution >= 0.6 is 0 Å². The number of fused-ring (bicyclic) bond motifs is 1. The largest absolute Gasteiger partial charge is 0.478 e. The third kappa shape index (κ3) is 4.66. The number of carbonyl (C=O) groups is 2. The number of aromatic nitrogens is 1. The minimum Gasteiger partial charge on any atom is -0.478 e. The van der Waals surface area contributed by atoms with Gasteiger partial charge in [0, 0.05) is 34.4 Å². The maximum atomic E-state index is 12.9. The second kappa shape index (κ2) is 9.78. The van der Waals surface area contributed by atoms with Gasteiger partial charge in [0.05, 0.1) is 17.2 Å². The summed E-state index contributed by atoms with van der Waals surface area (Å²) in [5, 5.41) is 31.9. The van der Waals surface area contributed by atoms with Crippen LogP contribution in [0.3, 0.4) is 0 Å². The Balaban J connectivity index is 1.74. The Morgan fingerprint density at radius 3 is 2.51 bits per heavy atom. The van der Waals surface area contributed by atoms with Crippen molar-refractivity contribution in [1.82, 2.24) is 4.57 Å². The van der Waals surface area contributed by atoms with Crippen LogP contribution < -0.4 is 5.32 Å².